The molecule has 0 saturated heterocycles. The van der Waals surface area contributed by atoms with Crippen LogP contribution >= 0.6 is 0 Å². The number of benzene rings is 2. The van der Waals surface area contributed by atoms with Crippen molar-refractivity contribution in [3.63, 3.8) is 0 Å². The van der Waals surface area contributed by atoms with Gasteiger partial charge in [0.15, 0.2) is 0 Å². The van der Waals surface area contributed by atoms with E-state index in [9.17, 15) is 9.47 Å². The molecule has 0 unspecified atom stereocenters. The van der Waals surface area contributed by atoms with Gasteiger partial charge in [0.1, 0.15) is 0 Å². The van der Waals surface area contributed by atoms with Crippen LogP contribution in [-0.4, -0.2) is 4.21 Å². The molecule has 2 aromatic carbocycles. The summed E-state index contributed by atoms with van der Waals surface area (Å²) in [4.78, 5) is 1.51. The Morgan fingerprint density at radius 2 is 1.67 bits per heavy atom. The molecule has 2 rings (SSSR count). The van der Waals surface area contributed by atoms with Gasteiger partial charge < -0.3 is 0 Å². The van der Waals surface area contributed by atoms with Crippen molar-refractivity contribution in [1.29, 1.82) is 5.26 Å². The molecule has 0 fully saturated rings. The fourth-order valence-corrected chi connectivity index (χ4v) is 3.52. The zero-order valence-corrected chi connectivity index (χ0v) is 13.4. The summed E-state index contributed by atoms with van der Waals surface area (Å²) in [6.07, 6.45) is 0. The SMILES string of the molecule is Cc1ccc([S@](=O)c2ccccc2[C@@H](C#N)C(C)C)cc1. The first-order valence-corrected chi connectivity index (χ1v) is 8.16. The van der Waals surface area contributed by atoms with E-state index in [1.807, 2.05) is 69.3 Å². The highest BCUT2D eigenvalue weighted by atomic mass is 32.2. The summed E-state index contributed by atoms with van der Waals surface area (Å²) < 4.78 is 12.8. The Labute approximate surface area is 128 Å². The molecule has 2 nitrogen and oxygen atoms in total. The van der Waals surface area contributed by atoms with E-state index < -0.39 is 10.8 Å². The standard InChI is InChI=1S/C18H19NOS/c1-13(2)17(12-19)16-6-4-5-7-18(16)21(20)15-10-8-14(3)9-11-15/h4-11,13,17H,1-3H3/t17-,21-/m0/s1. The minimum Gasteiger partial charge on any atom is -0.249 e. The Morgan fingerprint density at radius 1 is 1.05 bits per heavy atom. The van der Waals surface area contributed by atoms with Gasteiger partial charge in [-0.15, -0.1) is 0 Å². The molecule has 0 aliphatic rings. The van der Waals surface area contributed by atoms with Crippen molar-refractivity contribution in [2.24, 2.45) is 5.92 Å². The molecule has 0 heterocycles. The third kappa shape index (κ3) is 3.40. The maximum absolute atomic E-state index is 12.8. The smallest absolute Gasteiger partial charge is 0.0852 e. The highest BCUT2D eigenvalue weighted by molar-refractivity contribution is 7.85. The molecule has 0 spiro atoms. The van der Waals surface area contributed by atoms with Gasteiger partial charge in [-0.25, -0.2) is 4.21 Å². The van der Waals surface area contributed by atoms with Crippen molar-refractivity contribution < 1.29 is 4.21 Å². The minimum absolute atomic E-state index is 0.186. The fourth-order valence-electron chi connectivity index (χ4n) is 2.27. The van der Waals surface area contributed by atoms with Gasteiger partial charge in [-0.05, 0) is 36.6 Å². The van der Waals surface area contributed by atoms with Gasteiger partial charge in [0.2, 0.25) is 0 Å². The van der Waals surface area contributed by atoms with Gasteiger partial charge in [0.05, 0.1) is 22.8 Å². The summed E-state index contributed by atoms with van der Waals surface area (Å²) in [5.41, 5.74) is 2.01. The van der Waals surface area contributed by atoms with E-state index in [1.54, 1.807) is 0 Å². The highest BCUT2D eigenvalue weighted by Gasteiger charge is 2.21. The van der Waals surface area contributed by atoms with Gasteiger partial charge in [0.25, 0.3) is 0 Å². The van der Waals surface area contributed by atoms with E-state index in [0.29, 0.717) is 0 Å². The topological polar surface area (TPSA) is 40.9 Å². The Hall–Kier alpha value is -1.92. The number of nitrogens with zero attached hydrogens (tertiary/aromatic N) is 1. The molecular formula is C18H19NOS. The summed E-state index contributed by atoms with van der Waals surface area (Å²) in [5, 5.41) is 9.41. The average Bonchev–Trinajstić information content (AvgIpc) is 2.48. The van der Waals surface area contributed by atoms with Crippen LogP contribution in [-0.2, 0) is 10.8 Å². The lowest BCUT2D eigenvalue weighted by Gasteiger charge is -2.17. The predicted molar refractivity (Wildman–Crippen MR) is 85.5 cm³/mol. The predicted octanol–water partition coefficient (Wildman–Crippen LogP) is 4.42. The molecule has 3 heteroatoms. The lowest BCUT2D eigenvalue weighted by Crippen LogP contribution is -2.08. The molecule has 0 radical (unpaired) electrons. The molecule has 21 heavy (non-hydrogen) atoms. The third-order valence-electron chi connectivity index (χ3n) is 3.49. The molecule has 0 N–H and O–H groups in total. The van der Waals surface area contributed by atoms with Crippen LogP contribution in [0.2, 0.25) is 0 Å². The van der Waals surface area contributed by atoms with Crippen molar-refractivity contribution in [2.45, 2.75) is 36.5 Å². The molecule has 2 atom stereocenters. The van der Waals surface area contributed by atoms with Crippen LogP contribution < -0.4 is 0 Å². The van der Waals surface area contributed by atoms with E-state index in [2.05, 4.69) is 6.07 Å². The Balaban J connectivity index is 2.47. The first-order valence-electron chi connectivity index (χ1n) is 7.01. The van der Waals surface area contributed by atoms with Crippen LogP contribution in [0.5, 0.6) is 0 Å². The van der Waals surface area contributed by atoms with Gasteiger partial charge in [-0.3, -0.25) is 0 Å². The lowest BCUT2D eigenvalue weighted by molar-refractivity contribution is 0.579. The van der Waals surface area contributed by atoms with Gasteiger partial charge in [-0.2, -0.15) is 5.26 Å². The van der Waals surface area contributed by atoms with Crippen molar-refractivity contribution in [3.05, 3.63) is 59.7 Å². The van der Waals surface area contributed by atoms with Crippen LogP contribution in [0.4, 0.5) is 0 Å². The zero-order valence-electron chi connectivity index (χ0n) is 12.5. The first kappa shape index (κ1) is 15.5. The Bertz CT molecular complexity index is 683. The molecule has 0 amide bonds. The summed E-state index contributed by atoms with van der Waals surface area (Å²) in [6.45, 7) is 6.03. The van der Waals surface area contributed by atoms with Crippen LogP contribution in [0.3, 0.4) is 0 Å². The van der Waals surface area contributed by atoms with E-state index in [-0.39, 0.29) is 11.8 Å². The first-order chi connectivity index (χ1) is 10.0. The molecule has 0 aromatic heterocycles. The minimum atomic E-state index is -1.26. The van der Waals surface area contributed by atoms with E-state index >= 15 is 0 Å². The molecule has 108 valence electrons. The zero-order chi connectivity index (χ0) is 15.4. The van der Waals surface area contributed by atoms with Gasteiger partial charge in [-0.1, -0.05) is 49.7 Å². The van der Waals surface area contributed by atoms with Crippen molar-refractivity contribution in [2.75, 3.05) is 0 Å². The Morgan fingerprint density at radius 3 is 2.24 bits per heavy atom. The van der Waals surface area contributed by atoms with E-state index in [0.717, 1.165) is 20.9 Å². The lowest BCUT2D eigenvalue weighted by atomic mass is 9.90. The maximum atomic E-state index is 12.8. The van der Waals surface area contributed by atoms with Crippen molar-refractivity contribution >= 4 is 10.8 Å². The second-order valence-electron chi connectivity index (χ2n) is 5.47. The molecule has 0 aliphatic carbocycles. The average molecular weight is 297 g/mol. The highest BCUT2D eigenvalue weighted by Crippen LogP contribution is 2.30. The summed E-state index contributed by atoms with van der Waals surface area (Å²) >= 11 is 0. The second-order valence-corrected chi connectivity index (χ2v) is 6.92. The van der Waals surface area contributed by atoms with Crippen molar-refractivity contribution in [1.82, 2.24) is 0 Å². The molecule has 0 saturated carbocycles. The van der Waals surface area contributed by atoms with Crippen LogP contribution in [0.15, 0.2) is 58.3 Å². The Kier molecular flexibility index (Phi) is 4.93. The van der Waals surface area contributed by atoms with Crippen LogP contribution in [0.25, 0.3) is 0 Å². The second kappa shape index (κ2) is 6.69. The quantitative estimate of drug-likeness (QED) is 0.838. The summed E-state index contributed by atoms with van der Waals surface area (Å²) in [6, 6.07) is 17.6. The summed E-state index contributed by atoms with van der Waals surface area (Å²) in [5.74, 6) is -0.0539. The summed E-state index contributed by atoms with van der Waals surface area (Å²) in [7, 11) is -1.26. The number of aryl methyl sites for hydroxylation is 1. The van der Waals surface area contributed by atoms with Crippen LogP contribution in [0, 0.1) is 24.2 Å². The molecule has 0 aliphatic heterocycles. The molecule has 0 bridgehead atoms. The maximum Gasteiger partial charge on any atom is 0.0852 e. The number of rotatable bonds is 4. The number of hydrogen-bond donors (Lipinski definition) is 0. The largest absolute Gasteiger partial charge is 0.249 e. The fraction of sp³-hybridized carbons (Fsp3) is 0.278. The normalized spacial score (nSPS) is 13.7. The van der Waals surface area contributed by atoms with E-state index in [4.69, 9.17) is 0 Å². The number of hydrogen-bond acceptors (Lipinski definition) is 2. The van der Waals surface area contributed by atoms with E-state index in [1.165, 1.54) is 0 Å². The molecular weight excluding hydrogens is 278 g/mol. The van der Waals surface area contributed by atoms with Gasteiger partial charge >= 0.3 is 0 Å². The third-order valence-corrected chi connectivity index (χ3v) is 4.97. The van der Waals surface area contributed by atoms with Crippen molar-refractivity contribution in [3.8, 4) is 6.07 Å². The van der Waals surface area contributed by atoms with Crippen LogP contribution in [0.1, 0.15) is 30.9 Å². The molecule has 2 aromatic rings. The monoisotopic (exact) mass is 297 g/mol. The number of nitriles is 1. The van der Waals surface area contributed by atoms with Gasteiger partial charge in [0, 0.05) is 9.79 Å².